The Labute approximate surface area is 166 Å². The fraction of sp³-hybridized carbons (Fsp3) is 0.300. The van der Waals surface area contributed by atoms with Crippen LogP contribution >= 0.6 is 11.3 Å². The van der Waals surface area contributed by atoms with Crippen LogP contribution in [0.5, 0.6) is 0 Å². The first-order chi connectivity index (χ1) is 13.5. The van der Waals surface area contributed by atoms with Crippen molar-refractivity contribution < 1.29 is 9.72 Å². The van der Waals surface area contributed by atoms with Gasteiger partial charge in [-0.05, 0) is 44.5 Å². The van der Waals surface area contributed by atoms with Crippen LogP contribution in [0.15, 0.2) is 42.5 Å². The smallest absolute Gasteiger partial charge is 0.274 e. The number of nitrogens with one attached hydrogen (secondary N) is 1. The predicted molar refractivity (Wildman–Crippen MR) is 110 cm³/mol. The minimum absolute atomic E-state index is 0.00586. The molecule has 28 heavy (non-hydrogen) atoms. The third-order valence-electron chi connectivity index (χ3n) is 5.00. The summed E-state index contributed by atoms with van der Waals surface area (Å²) in [6, 6.07) is 12.9. The van der Waals surface area contributed by atoms with Gasteiger partial charge >= 0.3 is 0 Å². The summed E-state index contributed by atoms with van der Waals surface area (Å²) in [6.07, 6.45) is 1.99. The number of amides is 1. The maximum Gasteiger partial charge on any atom is 0.274 e. The molecule has 3 aromatic rings. The molecule has 1 aromatic heterocycles. The second-order valence-corrected chi connectivity index (χ2v) is 8.02. The van der Waals surface area contributed by atoms with E-state index in [-0.39, 0.29) is 24.2 Å². The Hall–Kier alpha value is -2.84. The molecular formula is C20H20N4O3S. The van der Waals surface area contributed by atoms with Crippen molar-refractivity contribution in [2.75, 3.05) is 18.4 Å². The number of nitrogens with zero attached hydrogens (tertiary/aromatic N) is 3. The van der Waals surface area contributed by atoms with E-state index in [1.807, 2.05) is 18.2 Å². The summed E-state index contributed by atoms with van der Waals surface area (Å²) in [7, 11) is 0. The highest BCUT2D eigenvalue weighted by atomic mass is 32.1. The van der Waals surface area contributed by atoms with Gasteiger partial charge in [0.1, 0.15) is 5.01 Å². The minimum atomic E-state index is -0.436. The van der Waals surface area contributed by atoms with Gasteiger partial charge in [-0.15, -0.1) is 11.3 Å². The van der Waals surface area contributed by atoms with Gasteiger partial charge in [-0.1, -0.05) is 18.2 Å². The van der Waals surface area contributed by atoms with Gasteiger partial charge in [0.25, 0.3) is 5.69 Å². The van der Waals surface area contributed by atoms with Crippen LogP contribution in [-0.2, 0) is 4.79 Å². The lowest BCUT2D eigenvalue weighted by molar-refractivity contribution is -0.385. The fourth-order valence-corrected chi connectivity index (χ4v) is 4.73. The van der Waals surface area contributed by atoms with Gasteiger partial charge in [-0.2, -0.15) is 0 Å². The maximum atomic E-state index is 12.5. The van der Waals surface area contributed by atoms with Crippen LogP contribution < -0.4 is 5.32 Å². The standard InChI is InChI=1S/C20H20N4O3S/c1-13-8-9-14(11-17(13)24(26)27)21-19(25)12-23-10-4-6-16(23)20-22-15-5-2-3-7-18(15)28-20/h2-3,5,7-9,11,16H,4,6,10,12H2,1H3,(H,21,25)/t16-/m0/s1. The summed E-state index contributed by atoms with van der Waals surface area (Å²) in [5.74, 6) is -0.175. The van der Waals surface area contributed by atoms with E-state index in [9.17, 15) is 14.9 Å². The molecule has 0 unspecified atom stereocenters. The third-order valence-corrected chi connectivity index (χ3v) is 6.13. The molecule has 2 heterocycles. The van der Waals surface area contributed by atoms with E-state index in [0.717, 1.165) is 34.6 Å². The number of aryl methyl sites for hydroxylation is 1. The van der Waals surface area contributed by atoms with Gasteiger partial charge in [-0.25, -0.2) is 4.98 Å². The zero-order valence-electron chi connectivity index (χ0n) is 15.4. The summed E-state index contributed by atoms with van der Waals surface area (Å²) in [6.45, 7) is 2.75. The van der Waals surface area contributed by atoms with Crippen LogP contribution in [0.3, 0.4) is 0 Å². The third kappa shape index (κ3) is 3.74. The number of carbonyl (C=O) groups excluding carboxylic acids is 1. The molecule has 0 aliphatic carbocycles. The lowest BCUT2D eigenvalue weighted by atomic mass is 10.2. The molecule has 1 saturated heterocycles. The number of rotatable bonds is 5. The number of para-hydroxylation sites is 1. The van der Waals surface area contributed by atoms with Crippen LogP contribution in [0, 0.1) is 17.0 Å². The SMILES string of the molecule is Cc1ccc(NC(=O)CN2CCC[C@H]2c2nc3ccccc3s2)cc1[N+](=O)[O-]. The quantitative estimate of drug-likeness (QED) is 0.513. The summed E-state index contributed by atoms with van der Waals surface area (Å²) in [5.41, 5.74) is 2.01. The lowest BCUT2D eigenvalue weighted by Crippen LogP contribution is -2.32. The highest BCUT2D eigenvalue weighted by Gasteiger charge is 2.30. The molecule has 7 nitrogen and oxygen atoms in total. The molecule has 1 fully saturated rings. The van der Waals surface area contributed by atoms with E-state index in [2.05, 4.69) is 16.3 Å². The molecule has 1 aliphatic rings. The predicted octanol–water partition coefficient (Wildman–Crippen LogP) is 4.29. The van der Waals surface area contributed by atoms with Crippen LogP contribution in [0.1, 0.15) is 29.5 Å². The number of benzene rings is 2. The van der Waals surface area contributed by atoms with Crippen molar-refractivity contribution in [2.45, 2.75) is 25.8 Å². The van der Waals surface area contributed by atoms with Crippen LogP contribution in [0.25, 0.3) is 10.2 Å². The highest BCUT2D eigenvalue weighted by molar-refractivity contribution is 7.18. The van der Waals surface area contributed by atoms with Gasteiger partial charge in [-0.3, -0.25) is 19.8 Å². The van der Waals surface area contributed by atoms with E-state index < -0.39 is 4.92 Å². The molecule has 0 bridgehead atoms. The van der Waals surface area contributed by atoms with Crippen molar-refractivity contribution in [3.63, 3.8) is 0 Å². The van der Waals surface area contributed by atoms with Gasteiger partial charge in [0.05, 0.1) is 27.7 Å². The average molecular weight is 396 g/mol. The van der Waals surface area contributed by atoms with Crippen molar-refractivity contribution in [2.24, 2.45) is 0 Å². The molecule has 0 spiro atoms. The molecule has 2 aromatic carbocycles. The first-order valence-corrected chi connectivity index (χ1v) is 9.97. The van der Waals surface area contributed by atoms with Crippen molar-refractivity contribution >= 4 is 38.8 Å². The van der Waals surface area contributed by atoms with Crippen molar-refractivity contribution in [1.82, 2.24) is 9.88 Å². The Morgan fingerprint density at radius 2 is 2.18 bits per heavy atom. The van der Waals surface area contributed by atoms with Gasteiger partial charge in [0.15, 0.2) is 0 Å². The zero-order valence-corrected chi connectivity index (χ0v) is 16.2. The van der Waals surface area contributed by atoms with E-state index in [0.29, 0.717) is 11.3 Å². The lowest BCUT2D eigenvalue weighted by Gasteiger charge is -2.22. The Balaban J connectivity index is 1.46. The summed E-state index contributed by atoms with van der Waals surface area (Å²) in [4.78, 5) is 30.1. The monoisotopic (exact) mass is 396 g/mol. The molecule has 1 atom stereocenters. The Morgan fingerprint density at radius 3 is 2.96 bits per heavy atom. The average Bonchev–Trinajstić information content (AvgIpc) is 3.29. The Bertz CT molecular complexity index is 1020. The minimum Gasteiger partial charge on any atom is -0.325 e. The summed E-state index contributed by atoms with van der Waals surface area (Å²) in [5, 5.41) is 14.9. The van der Waals surface area contributed by atoms with Crippen molar-refractivity contribution in [3.05, 3.63) is 63.1 Å². The second kappa shape index (κ2) is 7.65. The molecule has 8 heteroatoms. The molecular weight excluding hydrogens is 376 g/mol. The van der Waals surface area contributed by atoms with Gasteiger partial charge in [0.2, 0.25) is 5.91 Å². The highest BCUT2D eigenvalue weighted by Crippen LogP contribution is 2.36. The summed E-state index contributed by atoms with van der Waals surface area (Å²) >= 11 is 1.68. The topological polar surface area (TPSA) is 88.4 Å². The van der Waals surface area contributed by atoms with E-state index in [4.69, 9.17) is 4.98 Å². The number of likely N-dealkylation sites (tertiary alicyclic amines) is 1. The number of hydrogen-bond acceptors (Lipinski definition) is 6. The molecule has 0 saturated carbocycles. The Morgan fingerprint density at radius 1 is 1.36 bits per heavy atom. The maximum absolute atomic E-state index is 12.5. The van der Waals surface area contributed by atoms with Crippen molar-refractivity contribution in [1.29, 1.82) is 0 Å². The largest absolute Gasteiger partial charge is 0.325 e. The number of carbonyl (C=O) groups is 1. The number of fused-ring (bicyclic) bond motifs is 1. The van der Waals surface area contributed by atoms with Gasteiger partial charge < -0.3 is 5.32 Å². The van der Waals surface area contributed by atoms with Gasteiger partial charge in [0, 0.05) is 17.3 Å². The summed E-state index contributed by atoms with van der Waals surface area (Å²) < 4.78 is 1.15. The number of hydrogen-bond donors (Lipinski definition) is 1. The fourth-order valence-electron chi connectivity index (χ4n) is 3.60. The number of nitro benzene ring substituents is 1. The van der Waals surface area contributed by atoms with E-state index in [1.54, 1.807) is 30.4 Å². The van der Waals surface area contributed by atoms with Crippen molar-refractivity contribution in [3.8, 4) is 0 Å². The number of nitro groups is 1. The first kappa shape index (κ1) is 18.5. The molecule has 1 N–H and O–H groups in total. The number of aromatic nitrogens is 1. The molecule has 1 aliphatic heterocycles. The first-order valence-electron chi connectivity index (χ1n) is 9.15. The second-order valence-electron chi connectivity index (χ2n) is 6.95. The normalized spacial score (nSPS) is 17.1. The van der Waals surface area contributed by atoms with E-state index >= 15 is 0 Å². The Kier molecular flexibility index (Phi) is 5.06. The molecule has 144 valence electrons. The molecule has 0 radical (unpaired) electrons. The van der Waals surface area contributed by atoms with Crippen LogP contribution in [-0.4, -0.2) is 33.8 Å². The van der Waals surface area contributed by atoms with Crippen LogP contribution in [0.2, 0.25) is 0 Å². The van der Waals surface area contributed by atoms with Crippen LogP contribution in [0.4, 0.5) is 11.4 Å². The van der Waals surface area contributed by atoms with E-state index in [1.165, 1.54) is 6.07 Å². The molecule has 1 amide bonds. The zero-order chi connectivity index (χ0) is 19.7. The molecule has 4 rings (SSSR count). The number of anilines is 1. The number of thiazole rings is 1.